The van der Waals surface area contributed by atoms with Gasteiger partial charge >= 0.3 is 0 Å². The fraction of sp³-hybridized carbons (Fsp3) is 0.333. The molecular weight excluding hydrogens is 316 g/mol. The monoisotopic (exact) mass is 324 g/mol. The number of methoxy groups -OCH3 is 2. The smallest absolute Gasteiger partial charge is 0.186 e. The van der Waals surface area contributed by atoms with Gasteiger partial charge in [-0.2, -0.15) is 0 Å². The maximum Gasteiger partial charge on any atom is 0.186 e. The largest absolute Gasteiger partial charge is 0.506 e. The molecule has 0 saturated carbocycles. The first-order valence-electron chi connectivity index (χ1n) is 3.83. The molecule has 14 heavy (non-hydrogen) atoms. The molecule has 0 atom stereocenters. The first-order chi connectivity index (χ1) is 6.60. The average molecular weight is 326 g/mol. The molecule has 0 unspecified atom stereocenters. The van der Waals surface area contributed by atoms with E-state index in [0.29, 0.717) is 10.0 Å². The van der Waals surface area contributed by atoms with E-state index in [4.69, 9.17) is 9.47 Å². The van der Waals surface area contributed by atoms with Crippen LogP contribution in [0.3, 0.4) is 0 Å². The van der Waals surface area contributed by atoms with Gasteiger partial charge in [0.05, 0.1) is 10.0 Å². The number of hydrogen-bond donors (Lipinski definition) is 1. The Kier molecular flexibility index (Phi) is 4.37. The second-order valence-corrected chi connectivity index (χ2v) is 4.40. The van der Waals surface area contributed by atoms with Crippen molar-refractivity contribution in [1.29, 1.82) is 0 Å². The van der Waals surface area contributed by atoms with E-state index >= 15 is 0 Å². The summed E-state index contributed by atoms with van der Waals surface area (Å²) in [5.41, 5.74) is 0.580. The molecule has 3 nitrogen and oxygen atoms in total. The molecule has 0 saturated heterocycles. The molecule has 0 fully saturated rings. The summed E-state index contributed by atoms with van der Waals surface area (Å²) in [6, 6.07) is 3.50. The van der Waals surface area contributed by atoms with Crippen LogP contribution in [-0.2, 0) is 9.47 Å². The quantitative estimate of drug-likeness (QED) is 0.867. The molecule has 0 aliphatic heterocycles. The lowest BCUT2D eigenvalue weighted by atomic mass is 10.2. The Hall–Kier alpha value is -0.100. The van der Waals surface area contributed by atoms with Gasteiger partial charge in [0, 0.05) is 18.7 Å². The summed E-state index contributed by atoms with van der Waals surface area (Å²) in [6.45, 7) is 0. The third kappa shape index (κ3) is 2.48. The summed E-state index contributed by atoms with van der Waals surface area (Å²) in [5.74, 6) is 0.127. The molecule has 0 aromatic heterocycles. The van der Waals surface area contributed by atoms with E-state index in [0.717, 1.165) is 4.47 Å². The van der Waals surface area contributed by atoms with Crippen LogP contribution in [-0.4, -0.2) is 19.3 Å². The van der Waals surface area contributed by atoms with Crippen molar-refractivity contribution >= 4 is 31.9 Å². The third-order valence-electron chi connectivity index (χ3n) is 1.74. The van der Waals surface area contributed by atoms with Crippen LogP contribution in [0, 0.1) is 0 Å². The molecular formula is C9H10Br2O3. The van der Waals surface area contributed by atoms with Crippen LogP contribution in [0.25, 0.3) is 0 Å². The zero-order valence-electron chi connectivity index (χ0n) is 7.75. The number of rotatable bonds is 3. The normalized spacial score (nSPS) is 10.9. The average Bonchev–Trinajstić information content (AvgIpc) is 2.15. The van der Waals surface area contributed by atoms with Crippen molar-refractivity contribution in [1.82, 2.24) is 0 Å². The van der Waals surface area contributed by atoms with Gasteiger partial charge in [0.15, 0.2) is 6.29 Å². The summed E-state index contributed by atoms with van der Waals surface area (Å²) in [7, 11) is 3.03. The molecule has 1 aromatic carbocycles. The van der Waals surface area contributed by atoms with Gasteiger partial charge < -0.3 is 14.6 Å². The van der Waals surface area contributed by atoms with Crippen molar-refractivity contribution in [2.45, 2.75) is 6.29 Å². The Morgan fingerprint density at radius 1 is 1.21 bits per heavy atom. The zero-order valence-corrected chi connectivity index (χ0v) is 10.9. The minimum absolute atomic E-state index is 0.127. The van der Waals surface area contributed by atoms with Gasteiger partial charge in [0.1, 0.15) is 5.75 Å². The summed E-state index contributed by atoms with van der Waals surface area (Å²) < 4.78 is 11.5. The highest BCUT2D eigenvalue weighted by molar-refractivity contribution is 9.11. The standard InChI is InChI=1S/C9H10Br2O3/c1-13-9(14-2)6-3-5(10)4-7(11)8(6)12/h3-4,9,12H,1-2H3. The predicted octanol–water partition coefficient (Wildman–Crippen LogP) is 3.21. The number of phenolic OH excluding ortho intramolecular Hbond substituents is 1. The molecule has 0 aliphatic carbocycles. The number of hydrogen-bond acceptors (Lipinski definition) is 3. The molecule has 0 aliphatic rings. The van der Waals surface area contributed by atoms with Crippen LogP contribution in [0.15, 0.2) is 21.1 Å². The van der Waals surface area contributed by atoms with E-state index in [1.165, 1.54) is 14.2 Å². The van der Waals surface area contributed by atoms with E-state index in [1.807, 2.05) is 0 Å². The van der Waals surface area contributed by atoms with Crippen LogP contribution < -0.4 is 0 Å². The maximum absolute atomic E-state index is 9.73. The zero-order chi connectivity index (χ0) is 10.7. The fourth-order valence-electron chi connectivity index (χ4n) is 1.12. The van der Waals surface area contributed by atoms with Gasteiger partial charge in [-0.15, -0.1) is 0 Å². The molecule has 78 valence electrons. The Labute approximate surface area is 99.3 Å². The van der Waals surface area contributed by atoms with Gasteiger partial charge in [-0.3, -0.25) is 0 Å². The predicted molar refractivity (Wildman–Crippen MR) is 60.3 cm³/mol. The van der Waals surface area contributed by atoms with Crippen molar-refractivity contribution in [3.05, 3.63) is 26.6 Å². The second kappa shape index (κ2) is 5.11. The van der Waals surface area contributed by atoms with Gasteiger partial charge in [0.2, 0.25) is 0 Å². The Morgan fingerprint density at radius 3 is 2.29 bits per heavy atom. The molecule has 0 radical (unpaired) electrons. The van der Waals surface area contributed by atoms with E-state index in [2.05, 4.69) is 31.9 Å². The van der Waals surface area contributed by atoms with Crippen molar-refractivity contribution in [3.63, 3.8) is 0 Å². The Morgan fingerprint density at radius 2 is 1.79 bits per heavy atom. The summed E-state index contributed by atoms with van der Waals surface area (Å²) in [5, 5.41) is 9.73. The molecule has 1 rings (SSSR count). The van der Waals surface area contributed by atoms with Crippen molar-refractivity contribution < 1.29 is 14.6 Å². The van der Waals surface area contributed by atoms with Crippen molar-refractivity contribution in [2.75, 3.05) is 14.2 Å². The molecule has 5 heteroatoms. The number of halogens is 2. The highest BCUT2D eigenvalue weighted by atomic mass is 79.9. The molecule has 0 spiro atoms. The van der Waals surface area contributed by atoms with Crippen LogP contribution >= 0.6 is 31.9 Å². The van der Waals surface area contributed by atoms with Crippen LogP contribution in [0.1, 0.15) is 11.9 Å². The number of ether oxygens (including phenoxy) is 2. The SMILES string of the molecule is COC(OC)c1cc(Br)cc(Br)c1O. The number of benzene rings is 1. The topological polar surface area (TPSA) is 38.7 Å². The van der Waals surface area contributed by atoms with Gasteiger partial charge in [-0.05, 0) is 28.1 Å². The molecule has 1 N–H and O–H groups in total. The lowest BCUT2D eigenvalue weighted by Gasteiger charge is -2.16. The minimum atomic E-state index is -0.566. The lowest BCUT2D eigenvalue weighted by Crippen LogP contribution is -2.04. The van der Waals surface area contributed by atoms with Crippen molar-refractivity contribution in [2.24, 2.45) is 0 Å². The first-order valence-corrected chi connectivity index (χ1v) is 5.42. The van der Waals surface area contributed by atoms with E-state index < -0.39 is 6.29 Å². The molecule has 0 bridgehead atoms. The van der Waals surface area contributed by atoms with Crippen LogP contribution in [0.2, 0.25) is 0 Å². The minimum Gasteiger partial charge on any atom is -0.506 e. The van der Waals surface area contributed by atoms with Gasteiger partial charge in [0.25, 0.3) is 0 Å². The van der Waals surface area contributed by atoms with Gasteiger partial charge in [-0.1, -0.05) is 15.9 Å². The number of aromatic hydroxyl groups is 1. The molecule has 0 heterocycles. The first kappa shape index (κ1) is 12.0. The van der Waals surface area contributed by atoms with Crippen LogP contribution in [0.5, 0.6) is 5.75 Å². The Bertz CT molecular complexity index is 324. The highest BCUT2D eigenvalue weighted by Gasteiger charge is 2.16. The van der Waals surface area contributed by atoms with Crippen molar-refractivity contribution in [3.8, 4) is 5.75 Å². The number of phenols is 1. The lowest BCUT2D eigenvalue weighted by molar-refractivity contribution is -0.107. The molecule has 1 aromatic rings. The van der Waals surface area contributed by atoms with E-state index in [9.17, 15) is 5.11 Å². The summed E-state index contributed by atoms with van der Waals surface area (Å²) in [4.78, 5) is 0. The fourth-order valence-corrected chi connectivity index (χ4v) is 2.37. The Balaban J connectivity index is 3.18. The third-order valence-corrected chi connectivity index (χ3v) is 2.80. The van der Waals surface area contributed by atoms with Crippen LogP contribution in [0.4, 0.5) is 0 Å². The van der Waals surface area contributed by atoms with E-state index in [1.54, 1.807) is 12.1 Å². The highest BCUT2D eigenvalue weighted by Crippen LogP contribution is 2.36. The molecule has 0 amide bonds. The maximum atomic E-state index is 9.73. The second-order valence-electron chi connectivity index (χ2n) is 2.63. The summed E-state index contributed by atoms with van der Waals surface area (Å²) >= 11 is 6.55. The van der Waals surface area contributed by atoms with Gasteiger partial charge in [-0.25, -0.2) is 0 Å². The summed E-state index contributed by atoms with van der Waals surface area (Å²) in [6.07, 6.45) is -0.566. The van der Waals surface area contributed by atoms with E-state index in [-0.39, 0.29) is 5.75 Å².